The fourth-order valence-electron chi connectivity index (χ4n) is 3.48. The zero-order chi connectivity index (χ0) is 21.0. The van der Waals surface area contributed by atoms with E-state index in [-0.39, 0.29) is 23.7 Å². The SMILES string of the molecule is C[C@H](OC(=O)c1ccc(OC[C@@H]2CCCO2)cc1)C(=O)N(C)[C@H]1CCS(=O)(=O)C1. The molecule has 1 amide bonds. The van der Waals surface area contributed by atoms with Crippen LogP contribution < -0.4 is 4.74 Å². The van der Waals surface area contributed by atoms with E-state index in [2.05, 4.69) is 0 Å². The van der Waals surface area contributed by atoms with Crippen LogP contribution in [0.25, 0.3) is 0 Å². The highest BCUT2D eigenvalue weighted by atomic mass is 32.2. The molecule has 2 saturated heterocycles. The maximum absolute atomic E-state index is 12.5. The third-order valence-corrected chi connectivity index (χ3v) is 7.04. The lowest BCUT2D eigenvalue weighted by molar-refractivity contribution is -0.140. The van der Waals surface area contributed by atoms with E-state index in [0.29, 0.717) is 24.3 Å². The Morgan fingerprint density at radius 3 is 2.55 bits per heavy atom. The molecule has 2 fully saturated rings. The second-order valence-electron chi connectivity index (χ2n) is 7.52. The fourth-order valence-corrected chi connectivity index (χ4v) is 5.25. The molecule has 29 heavy (non-hydrogen) atoms. The molecule has 1 aromatic carbocycles. The van der Waals surface area contributed by atoms with Crippen LogP contribution in [0.15, 0.2) is 24.3 Å². The van der Waals surface area contributed by atoms with Crippen LogP contribution in [0.5, 0.6) is 5.75 Å². The van der Waals surface area contributed by atoms with Crippen LogP contribution in [0, 0.1) is 0 Å². The van der Waals surface area contributed by atoms with E-state index in [9.17, 15) is 18.0 Å². The summed E-state index contributed by atoms with van der Waals surface area (Å²) in [6.45, 7) is 2.72. The van der Waals surface area contributed by atoms with Gasteiger partial charge in [-0.1, -0.05) is 0 Å². The topological polar surface area (TPSA) is 99.2 Å². The normalized spacial score (nSPS) is 24.1. The summed E-state index contributed by atoms with van der Waals surface area (Å²) in [6.07, 6.45) is 1.53. The van der Waals surface area contributed by atoms with Gasteiger partial charge in [-0.05, 0) is 50.5 Å². The van der Waals surface area contributed by atoms with E-state index >= 15 is 0 Å². The molecule has 2 aliphatic rings. The number of ether oxygens (including phenoxy) is 3. The molecule has 1 aromatic rings. The van der Waals surface area contributed by atoms with Crippen LogP contribution in [0.4, 0.5) is 0 Å². The van der Waals surface area contributed by atoms with Crippen molar-refractivity contribution < 1.29 is 32.2 Å². The van der Waals surface area contributed by atoms with Crippen LogP contribution in [-0.4, -0.2) is 75.2 Å². The summed E-state index contributed by atoms with van der Waals surface area (Å²) in [5.41, 5.74) is 0.306. The number of nitrogens with zero attached hydrogens (tertiary/aromatic N) is 1. The lowest BCUT2D eigenvalue weighted by atomic mass is 10.2. The number of hydrogen-bond donors (Lipinski definition) is 0. The minimum atomic E-state index is -3.10. The molecule has 0 aliphatic carbocycles. The van der Waals surface area contributed by atoms with Gasteiger partial charge in [0.05, 0.1) is 23.2 Å². The molecule has 2 aliphatic heterocycles. The molecular weight excluding hydrogens is 398 g/mol. The van der Waals surface area contributed by atoms with E-state index in [0.717, 1.165) is 19.4 Å². The van der Waals surface area contributed by atoms with Crippen molar-refractivity contribution in [2.24, 2.45) is 0 Å². The van der Waals surface area contributed by atoms with Crippen LogP contribution >= 0.6 is 0 Å². The Bertz CT molecular complexity index is 831. The number of amides is 1. The first kappa shape index (κ1) is 21.6. The number of carbonyl (C=O) groups is 2. The van der Waals surface area contributed by atoms with Crippen molar-refractivity contribution in [3.63, 3.8) is 0 Å². The van der Waals surface area contributed by atoms with Gasteiger partial charge in [0.15, 0.2) is 15.9 Å². The third-order valence-electron chi connectivity index (χ3n) is 5.29. The first-order valence-corrected chi connectivity index (χ1v) is 11.6. The highest BCUT2D eigenvalue weighted by Crippen LogP contribution is 2.19. The Balaban J connectivity index is 1.50. The van der Waals surface area contributed by atoms with Crippen LogP contribution in [0.3, 0.4) is 0 Å². The van der Waals surface area contributed by atoms with Gasteiger partial charge in [0.1, 0.15) is 12.4 Å². The predicted octanol–water partition coefficient (Wildman–Crippen LogP) is 1.44. The van der Waals surface area contributed by atoms with Crippen molar-refractivity contribution in [1.29, 1.82) is 0 Å². The molecule has 0 bridgehead atoms. The second kappa shape index (κ2) is 9.13. The van der Waals surface area contributed by atoms with E-state index in [1.54, 1.807) is 31.3 Å². The molecule has 8 nitrogen and oxygen atoms in total. The van der Waals surface area contributed by atoms with Crippen molar-refractivity contribution >= 4 is 21.7 Å². The minimum absolute atomic E-state index is 0.0523. The molecule has 2 heterocycles. The largest absolute Gasteiger partial charge is 0.491 e. The number of carbonyl (C=O) groups excluding carboxylic acids is 2. The lowest BCUT2D eigenvalue weighted by Crippen LogP contribution is -2.44. The molecule has 0 N–H and O–H groups in total. The summed E-state index contributed by atoms with van der Waals surface area (Å²) in [5, 5.41) is 0. The van der Waals surface area contributed by atoms with E-state index in [1.807, 2.05) is 0 Å². The molecule has 0 unspecified atom stereocenters. The Labute approximate surface area is 171 Å². The lowest BCUT2D eigenvalue weighted by Gasteiger charge is -2.26. The average molecular weight is 426 g/mol. The quantitative estimate of drug-likeness (QED) is 0.610. The maximum atomic E-state index is 12.5. The molecule has 0 aromatic heterocycles. The molecule has 0 spiro atoms. The van der Waals surface area contributed by atoms with Crippen molar-refractivity contribution in [1.82, 2.24) is 4.90 Å². The number of sulfone groups is 1. The second-order valence-corrected chi connectivity index (χ2v) is 9.75. The van der Waals surface area contributed by atoms with Crippen molar-refractivity contribution in [2.45, 2.75) is 44.4 Å². The van der Waals surface area contributed by atoms with Crippen LogP contribution in [0.2, 0.25) is 0 Å². The monoisotopic (exact) mass is 425 g/mol. The van der Waals surface area contributed by atoms with Crippen molar-refractivity contribution in [2.75, 3.05) is 31.8 Å². The molecular formula is C20H27NO7S. The zero-order valence-corrected chi connectivity index (χ0v) is 17.5. The number of rotatable bonds is 7. The van der Waals surface area contributed by atoms with Gasteiger partial charge in [-0.15, -0.1) is 0 Å². The zero-order valence-electron chi connectivity index (χ0n) is 16.7. The fraction of sp³-hybridized carbons (Fsp3) is 0.600. The highest BCUT2D eigenvalue weighted by molar-refractivity contribution is 7.91. The smallest absolute Gasteiger partial charge is 0.338 e. The number of esters is 1. The molecule has 160 valence electrons. The number of likely N-dealkylation sites (N-methyl/N-ethyl adjacent to an activating group) is 1. The van der Waals surface area contributed by atoms with Gasteiger partial charge < -0.3 is 19.1 Å². The van der Waals surface area contributed by atoms with Gasteiger partial charge >= 0.3 is 5.97 Å². The van der Waals surface area contributed by atoms with Gasteiger partial charge in [-0.3, -0.25) is 4.79 Å². The summed E-state index contributed by atoms with van der Waals surface area (Å²) in [6, 6.07) is 6.13. The van der Waals surface area contributed by atoms with Gasteiger partial charge in [-0.25, -0.2) is 13.2 Å². The van der Waals surface area contributed by atoms with E-state index in [1.165, 1.54) is 11.8 Å². The molecule has 0 radical (unpaired) electrons. The standard InChI is InChI=1S/C20H27NO7S/c1-14(19(22)21(2)16-9-11-29(24,25)13-16)28-20(23)15-5-7-17(8-6-15)27-12-18-4-3-10-26-18/h5-8,14,16,18H,3-4,9-13H2,1-2H3/t14-,16-,18-/m0/s1. The van der Waals surface area contributed by atoms with E-state index < -0.39 is 27.8 Å². The minimum Gasteiger partial charge on any atom is -0.491 e. The summed E-state index contributed by atoms with van der Waals surface area (Å²) >= 11 is 0. The Kier molecular flexibility index (Phi) is 6.79. The van der Waals surface area contributed by atoms with Gasteiger partial charge in [0.2, 0.25) is 0 Å². The first-order valence-electron chi connectivity index (χ1n) is 9.78. The van der Waals surface area contributed by atoms with E-state index in [4.69, 9.17) is 14.2 Å². The third kappa shape index (κ3) is 5.70. The van der Waals surface area contributed by atoms with Gasteiger partial charge in [-0.2, -0.15) is 0 Å². The Morgan fingerprint density at radius 1 is 1.24 bits per heavy atom. The van der Waals surface area contributed by atoms with Gasteiger partial charge in [0.25, 0.3) is 5.91 Å². The maximum Gasteiger partial charge on any atom is 0.338 e. The summed E-state index contributed by atoms with van der Waals surface area (Å²) in [7, 11) is -1.56. The molecule has 3 rings (SSSR count). The number of benzene rings is 1. The Hall–Kier alpha value is -2.13. The average Bonchev–Trinajstić information content (AvgIpc) is 3.34. The predicted molar refractivity (Wildman–Crippen MR) is 106 cm³/mol. The molecule has 3 atom stereocenters. The Morgan fingerprint density at radius 2 is 1.97 bits per heavy atom. The van der Waals surface area contributed by atoms with Gasteiger partial charge in [0, 0.05) is 19.7 Å². The van der Waals surface area contributed by atoms with Crippen molar-refractivity contribution in [3.8, 4) is 5.75 Å². The highest BCUT2D eigenvalue weighted by Gasteiger charge is 2.35. The summed E-state index contributed by atoms with van der Waals surface area (Å²) in [5.74, 6) is -0.391. The number of hydrogen-bond acceptors (Lipinski definition) is 7. The van der Waals surface area contributed by atoms with Crippen molar-refractivity contribution in [3.05, 3.63) is 29.8 Å². The first-order chi connectivity index (χ1) is 13.7. The van der Waals surface area contributed by atoms with Crippen LogP contribution in [-0.2, 0) is 24.1 Å². The molecule has 0 saturated carbocycles. The summed E-state index contributed by atoms with van der Waals surface area (Å²) in [4.78, 5) is 26.2. The summed E-state index contributed by atoms with van der Waals surface area (Å²) < 4.78 is 39.7. The van der Waals surface area contributed by atoms with Crippen LogP contribution in [0.1, 0.15) is 36.5 Å². The molecule has 9 heteroatoms.